The van der Waals surface area contributed by atoms with Crippen LogP contribution >= 0.6 is 0 Å². The number of carbonyl (C=O) groups is 2. The van der Waals surface area contributed by atoms with Gasteiger partial charge in [0, 0.05) is 0 Å². The maximum Gasteiger partial charge on any atom is 0.309 e. The lowest BCUT2D eigenvalue weighted by Gasteiger charge is -2.27. The molecule has 0 saturated carbocycles. The standard InChI is InChI=1S/C11H20O4/c1-10(2,7-8(12)13)5-6-11(3,4)9(14)15/h5-7H2,1-4H3,(H,12,13)(H,14,15). The lowest BCUT2D eigenvalue weighted by molar-refractivity contribution is -0.147. The molecule has 0 aliphatic rings. The van der Waals surface area contributed by atoms with Crippen LogP contribution in [0.5, 0.6) is 0 Å². The Kier molecular flexibility index (Phi) is 4.31. The summed E-state index contributed by atoms with van der Waals surface area (Å²) in [5, 5.41) is 17.6. The van der Waals surface area contributed by atoms with Gasteiger partial charge < -0.3 is 10.2 Å². The summed E-state index contributed by atoms with van der Waals surface area (Å²) in [5.74, 6) is -1.68. The molecule has 0 aliphatic carbocycles. The maximum atomic E-state index is 10.8. The van der Waals surface area contributed by atoms with Crippen LogP contribution in [-0.4, -0.2) is 22.2 Å². The minimum Gasteiger partial charge on any atom is -0.481 e. The van der Waals surface area contributed by atoms with E-state index >= 15 is 0 Å². The Morgan fingerprint density at radius 2 is 1.47 bits per heavy atom. The second-order valence-corrected chi connectivity index (χ2v) is 5.42. The average molecular weight is 216 g/mol. The number of rotatable bonds is 6. The van der Waals surface area contributed by atoms with Crippen molar-refractivity contribution in [1.29, 1.82) is 0 Å². The van der Waals surface area contributed by atoms with E-state index in [0.29, 0.717) is 12.8 Å². The second kappa shape index (κ2) is 4.64. The molecule has 88 valence electrons. The number of hydrogen-bond donors (Lipinski definition) is 2. The molecule has 0 atom stereocenters. The predicted octanol–water partition coefficient (Wildman–Crippen LogP) is 2.38. The molecule has 0 aliphatic heterocycles. The van der Waals surface area contributed by atoms with Crippen LogP contribution in [0.15, 0.2) is 0 Å². The van der Waals surface area contributed by atoms with Crippen molar-refractivity contribution >= 4 is 11.9 Å². The molecule has 0 radical (unpaired) electrons. The molecule has 0 saturated heterocycles. The van der Waals surface area contributed by atoms with E-state index < -0.39 is 17.4 Å². The fourth-order valence-electron chi connectivity index (χ4n) is 1.26. The zero-order valence-corrected chi connectivity index (χ0v) is 9.83. The van der Waals surface area contributed by atoms with E-state index in [2.05, 4.69) is 0 Å². The first-order chi connectivity index (χ1) is 6.57. The van der Waals surface area contributed by atoms with Crippen molar-refractivity contribution in [3.63, 3.8) is 0 Å². The Hall–Kier alpha value is -1.06. The lowest BCUT2D eigenvalue weighted by Crippen LogP contribution is -2.27. The molecule has 0 aromatic carbocycles. The molecule has 4 heteroatoms. The van der Waals surface area contributed by atoms with Gasteiger partial charge in [0.2, 0.25) is 0 Å². The molecular formula is C11H20O4. The van der Waals surface area contributed by atoms with Gasteiger partial charge in [0.25, 0.3) is 0 Å². The van der Waals surface area contributed by atoms with Gasteiger partial charge in [-0.3, -0.25) is 9.59 Å². The second-order valence-electron chi connectivity index (χ2n) is 5.42. The molecule has 0 fully saturated rings. The van der Waals surface area contributed by atoms with E-state index in [4.69, 9.17) is 10.2 Å². The first kappa shape index (κ1) is 13.9. The Bertz CT molecular complexity index is 253. The largest absolute Gasteiger partial charge is 0.481 e. The highest BCUT2D eigenvalue weighted by Crippen LogP contribution is 2.33. The number of aliphatic carboxylic acids is 2. The third-order valence-electron chi connectivity index (χ3n) is 2.64. The average Bonchev–Trinajstić information content (AvgIpc) is 1.98. The fraction of sp³-hybridized carbons (Fsp3) is 0.818. The van der Waals surface area contributed by atoms with Crippen LogP contribution in [0.25, 0.3) is 0 Å². The SMILES string of the molecule is CC(C)(CCC(C)(C)C(=O)O)CC(=O)O. The van der Waals surface area contributed by atoms with Gasteiger partial charge in [-0.05, 0) is 32.1 Å². The van der Waals surface area contributed by atoms with Crippen LogP contribution in [0.4, 0.5) is 0 Å². The van der Waals surface area contributed by atoms with Crippen molar-refractivity contribution in [1.82, 2.24) is 0 Å². The van der Waals surface area contributed by atoms with Crippen molar-refractivity contribution < 1.29 is 19.8 Å². The molecule has 0 unspecified atom stereocenters. The summed E-state index contributed by atoms with van der Waals surface area (Å²) in [6.45, 7) is 7.01. The predicted molar refractivity (Wildman–Crippen MR) is 56.7 cm³/mol. The Morgan fingerprint density at radius 3 is 1.80 bits per heavy atom. The number of carboxylic acid groups (broad SMARTS) is 2. The van der Waals surface area contributed by atoms with Crippen LogP contribution in [0.3, 0.4) is 0 Å². The van der Waals surface area contributed by atoms with Crippen LogP contribution in [0, 0.1) is 10.8 Å². The zero-order chi connectivity index (χ0) is 12.3. The van der Waals surface area contributed by atoms with E-state index in [-0.39, 0.29) is 11.8 Å². The van der Waals surface area contributed by atoms with Crippen LogP contribution in [0.1, 0.15) is 47.0 Å². The molecule has 0 aromatic rings. The summed E-state index contributed by atoms with van der Waals surface area (Å²) < 4.78 is 0. The van der Waals surface area contributed by atoms with Crippen LogP contribution < -0.4 is 0 Å². The molecule has 15 heavy (non-hydrogen) atoms. The van der Waals surface area contributed by atoms with E-state index in [0.717, 1.165) is 0 Å². The van der Waals surface area contributed by atoms with Gasteiger partial charge in [-0.25, -0.2) is 0 Å². The van der Waals surface area contributed by atoms with Crippen molar-refractivity contribution in [2.45, 2.75) is 47.0 Å². The van der Waals surface area contributed by atoms with Gasteiger partial charge in [0.1, 0.15) is 0 Å². The fourth-order valence-corrected chi connectivity index (χ4v) is 1.26. The van der Waals surface area contributed by atoms with Gasteiger partial charge >= 0.3 is 11.9 Å². The first-order valence-electron chi connectivity index (χ1n) is 5.02. The summed E-state index contributed by atoms with van der Waals surface area (Å²) in [6.07, 6.45) is 1.16. The monoisotopic (exact) mass is 216 g/mol. The summed E-state index contributed by atoms with van der Waals surface area (Å²) in [7, 11) is 0. The zero-order valence-electron chi connectivity index (χ0n) is 9.83. The maximum absolute atomic E-state index is 10.8. The Balaban J connectivity index is 4.25. The highest BCUT2D eigenvalue weighted by atomic mass is 16.4. The minimum absolute atomic E-state index is 0.0721. The highest BCUT2D eigenvalue weighted by Gasteiger charge is 2.31. The van der Waals surface area contributed by atoms with Crippen molar-refractivity contribution in [2.75, 3.05) is 0 Å². The smallest absolute Gasteiger partial charge is 0.309 e. The van der Waals surface area contributed by atoms with Crippen molar-refractivity contribution in [3.05, 3.63) is 0 Å². The third-order valence-corrected chi connectivity index (χ3v) is 2.64. The van der Waals surface area contributed by atoms with Crippen molar-refractivity contribution in [2.24, 2.45) is 10.8 Å². The molecule has 4 nitrogen and oxygen atoms in total. The third kappa shape index (κ3) is 5.40. The van der Waals surface area contributed by atoms with Crippen LogP contribution in [-0.2, 0) is 9.59 Å². The Labute approximate surface area is 90.3 Å². The molecular weight excluding hydrogens is 196 g/mol. The molecule has 2 N–H and O–H groups in total. The van der Waals surface area contributed by atoms with E-state index in [1.807, 2.05) is 13.8 Å². The number of hydrogen-bond acceptors (Lipinski definition) is 2. The molecule has 0 aromatic heterocycles. The van der Waals surface area contributed by atoms with Gasteiger partial charge in [0.15, 0.2) is 0 Å². The van der Waals surface area contributed by atoms with Crippen LogP contribution in [0.2, 0.25) is 0 Å². The lowest BCUT2D eigenvalue weighted by atomic mass is 9.77. The number of carboxylic acids is 2. The summed E-state index contributed by atoms with van der Waals surface area (Å²) >= 11 is 0. The van der Waals surface area contributed by atoms with Crippen molar-refractivity contribution in [3.8, 4) is 0 Å². The first-order valence-corrected chi connectivity index (χ1v) is 5.02. The molecule has 0 amide bonds. The van der Waals surface area contributed by atoms with Gasteiger partial charge in [0.05, 0.1) is 11.8 Å². The summed E-state index contributed by atoms with van der Waals surface area (Å²) in [4.78, 5) is 21.4. The topological polar surface area (TPSA) is 74.6 Å². The summed E-state index contributed by atoms with van der Waals surface area (Å²) in [5.41, 5.74) is -1.13. The summed E-state index contributed by atoms with van der Waals surface area (Å²) in [6, 6.07) is 0. The van der Waals surface area contributed by atoms with Gasteiger partial charge in [-0.15, -0.1) is 0 Å². The normalized spacial score (nSPS) is 12.5. The van der Waals surface area contributed by atoms with E-state index in [1.165, 1.54) is 0 Å². The molecule has 0 spiro atoms. The quantitative estimate of drug-likeness (QED) is 0.714. The minimum atomic E-state index is -0.840. The molecule has 0 rings (SSSR count). The molecule has 0 bridgehead atoms. The van der Waals surface area contributed by atoms with Gasteiger partial charge in [-0.2, -0.15) is 0 Å². The van der Waals surface area contributed by atoms with Gasteiger partial charge in [-0.1, -0.05) is 13.8 Å². The highest BCUT2D eigenvalue weighted by molar-refractivity contribution is 5.73. The van der Waals surface area contributed by atoms with E-state index in [1.54, 1.807) is 13.8 Å². The van der Waals surface area contributed by atoms with E-state index in [9.17, 15) is 9.59 Å². The molecule has 0 heterocycles. The Morgan fingerprint density at radius 1 is 1.00 bits per heavy atom.